The molecular formula is C12H24N4. The number of aryl methyl sites for hydroxylation is 1. The summed E-state index contributed by atoms with van der Waals surface area (Å²) in [6.07, 6.45) is 2.11. The molecule has 0 amide bonds. The van der Waals surface area contributed by atoms with Crippen LogP contribution in [-0.4, -0.2) is 21.3 Å². The maximum atomic E-state index is 5.81. The fourth-order valence-electron chi connectivity index (χ4n) is 2.17. The summed E-state index contributed by atoms with van der Waals surface area (Å²) in [5.74, 6) is 3.29. The van der Waals surface area contributed by atoms with Crippen LogP contribution in [0.3, 0.4) is 0 Å². The Morgan fingerprint density at radius 1 is 1.31 bits per heavy atom. The molecule has 4 heteroatoms. The van der Waals surface area contributed by atoms with Crippen molar-refractivity contribution >= 4 is 0 Å². The molecule has 0 saturated heterocycles. The van der Waals surface area contributed by atoms with Crippen LogP contribution in [0.5, 0.6) is 0 Å². The lowest BCUT2D eigenvalue weighted by molar-refractivity contribution is 0.402. The third-order valence-electron chi connectivity index (χ3n) is 2.94. The zero-order valence-corrected chi connectivity index (χ0v) is 10.9. The Morgan fingerprint density at radius 2 is 2.00 bits per heavy atom. The van der Waals surface area contributed by atoms with E-state index in [2.05, 4.69) is 35.5 Å². The van der Waals surface area contributed by atoms with Gasteiger partial charge in [-0.15, -0.1) is 10.2 Å². The lowest BCUT2D eigenvalue weighted by Crippen LogP contribution is -2.21. The summed E-state index contributed by atoms with van der Waals surface area (Å²) in [6.45, 7) is 10.3. The van der Waals surface area contributed by atoms with Gasteiger partial charge < -0.3 is 10.3 Å². The minimum Gasteiger partial charge on any atom is -0.330 e. The highest BCUT2D eigenvalue weighted by atomic mass is 15.3. The Hall–Kier alpha value is -0.900. The molecule has 1 rings (SSSR count). The Morgan fingerprint density at radius 3 is 2.50 bits per heavy atom. The summed E-state index contributed by atoms with van der Waals surface area (Å²) in [5.41, 5.74) is 5.81. The van der Waals surface area contributed by atoms with E-state index in [1.165, 1.54) is 0 Å². The minimum atomic E-state index is 0.522. The largest absolute Gasteiger partial charge is 0.330 e. The zero-order valence-electron chi connectivity index (χ0n) is 10.9. The summed E-state index contributed by atoms with van der Waals surface area (Å²) in [4.78, 5) is 0. The highest BCUT2D eigenvalue weighted by molar-refractivity contribution is 4.95. The zero-order chi connectivity index (χ0) is 12.1. The van der Waals surface area contributed by atoms with Crippen LogP contribution >= 0.6 is 0 Å². The molecule has 0 aliphatic rings. The molecule has 0 aliphatic heterocycles. The van der Waals surface area contributed by atoms with Gasteiger partial charge in [-0.05, 0) is 38.6 Å². The van der Waals surface area contributed by atoms with E-state index in [0.29, 0.717) is 11.8 Å². The van der Waals surface area contributed by atoms with Crippen molar-refractivity contribution in [3.63, 3.8) is 0 Å². The molecule has 1 unspecified atom stereocenters. The minimum absolute atomic E-state index is 0.522. The summed E-state index contributed by atoms with van der Waals surface area (Å²) in [6, 6.07) is 0. The van der Waals surface area contributed by atoms with Gasteiger partial charge in [-0.3, -0.25) is 0 Å². The molecule has 0 aromatic carbocycles. The average molecular weight is 224 g/mol. The molecule has 0 saturated carbocycles. The van der Waals surface area contributed by atoms with Crippen LogP contribution in [0.25, 0.3) is 0 Å². The summed E-state index contributed by atoms with van der Waals surface area (Å²) in [5, 5.41) is 8.37. The maximum absolute atomic E-state index is 5.81. The molecule has 1 atom stereocenters. The van der Waals surface area contributed by atoms with E-state index in [0.717, 1.165) is 37.6 Å². The van der Waals surface area contributed by atoms with E-state index >= 15 is 0 Å². The molecule has 0 bridgehead atoms. The van der Waals surface area contributed by atoms with Crippen molar-refractivity contribution in [2.75, 3.05) is 6.54 Å². The third-order valence-corrected chi connectivity index (χ3v) is 2.94. The lowest BCUT2D eigenvalue weighted by atomic mass is 9.94. The van der Waals surface area contributed by atoms with Crippen molar-refractivity contribution in [2.24, 2.45) is 17.6 Å². The molecular weight excluding hydrogens is 200 g/mol. The smallest absolute Gasteiger partial charge is 0.133 e. The van der Waals surface area contributed by atoms with E-state index in [1.54, 1.807) is 0 Å². The van der Waals surface area contributed by atoms with Gasteiger partial charge >= 0.3 is 0 Å². The monoisotopic (exact) mass is 224 g/mol. The predicted molar refractivity (Wildman–Crippen MR) is 66.1 cm³/mol. The first kappa shape index (κ1) is 13.2. The molecule has 16 heavy (non-hydrogen) atoms. The van der Waals surface area contributed by atoms with Crippen molar-refractivity contribution < 1.29 is 0 Å². The highest BCUT2D eigenvalue weighted by Gasteiger charge is 2.15. The number of nitrogens with zero attached hydrogens (tertiary/aromatic N) is 3. The first-order valence-corrected chi connectivity index (χ1v) is 6.17. The van der Waals surface area contributed by atoms with E-state index in [9.17, 15) is 0 Å². The SMILES string of the molecule is CCn1c(C)nnc1CC(CN)CC(C)C. The van der Waals surface area contributed by atoms with Crippen LogP contribution in [0.4, 0.5) is 0 Å². The van der Waals surface area contributed by atoms with E-state index in [1.807, 2.05) is 6.92 Å². The van der Waals surface area contributed by atoms with Crippen molar-refractivity contribution in [1.29, 1.82) is 0 Å². The molecule has 0 spiro atoms. The van der Waals surface area contributed by atoms with Crippen molar-refractivity contribution in [1.82, 2.24) is 14.8 Å². The van der Waals surface area contributed by atoms with Gasteiger partial charge in [0.25, 0.3) is 0 Å². The number of nitrogens with two attached hydrogens (primary N) is 1. The fraction of sp³-hybridized carbons (Fsp3) is 0.833. The van der Waals surface area contributed by atoms with Gasteiger partial charge in [0.05, 0.1) is 0 Å². The number of aromatic nitrogens is 3. The molecule has 4 nitrogen and oxygen atoms in total. The Kier molecular flexibility index (Phi) is 4.93. The summed E-state index contributed by atoms with van der Waals surface area (Å²) in [7, 11) is 0. The van der Waals surface area contributed by atoms with E-state index in [-0.39, 0.29) is 0 Å². The molecule has 92 valence electrons. The van der Waals surface area contributed by atoms with E-state index < -0.39 is 0 Å². The van der Waals surface area contributed by atoms with Crippen molar-refractivity contribution in [3.05, 3.63) is 11.6 Å². The van der Waals surface area contributed by atoms with Gasteiger partial charge in [0, 0.05) is 13.0 Å². The molecule has 0 fully saturated rings. The number of hydrogen-bond acceptors (Lipinski definition) is 3. The van der Waals surface area contributed by atoms with E-state index in [4.69, 9.17) is 5.73 Å². The lowest BCUT2D eigenvalue weighted by Gasteiger charge is -2.16. The molecule has 0 radical (unpaired) electrons. The Labute approximate surface area is 98.2 Å². The van der Waals surface area contributed by atoms with Gasteiger partial charge in [0.1, 0.15) is 11.6 Å². The second kappa shape index (κ2) is 5.99. The average Bonchev–Trinajstić information content (AvgIpc) is 2.57. The third kappa shape index (κ3) is 3.30. The highest BCUT2D eigenvalue weighted by Crippen LogP contribution is 2.15. The maximum Gasteiger partial charge on any atom is 0.133 e. The molecule has 0 aliphatic carbocycles. The molecule has 2 N–H and O–H groups in total. The second-order valence-corrected chi connectivity index (χ2v) is 4.84. The molecule has 1 aromatic heterocycles. The Balaban J connectivity index is 2.69. The fourth-order valence-corrected chi connectivity index (χ4v) is 2.17. The topological polar surface area (TPSA) is 56.7 Å². The van der Waals surface area contributed by atoms with Gasteiger partial charge in [0.15, 0.2) is 0 Å². The standard InChI is InChI=1S/C12H24N4/c1-5-16-10(4)14-15-12(16)7-11(8-13)6-9(2)3/h9,11H,5-8,13H2,1-4H3. The van der Waals surface area contributed by atoms with Gasteiger partial charge in [0.2, 0.25) is 0 Å². The second-order valence-electron chi connectivity index (χ2n) is 4.84. The predicted octanol–water partition coefficient (Wildman–Crippen LogP) is 1.77. The summed E-state index contributed by atoms with van der Waals surface area (Å²) < 4.78 is 2.17. The van der Waals surface area contributed by atoms with Crippen molar-refractivity contribution in [2.45, 2.75) is 47.1 Å². The first-order valence-electron chi connectivity index (χ1n) is 6.17. The Bertz CT molecular complexity index is 317. The van der Waals surface area contributed by atoms with Crippen LogP contribution < -0.4 is 5.73 Å². The van der Waals surface area contributed by atoms with Gasteiger partial charge in [-0.1, -0.05) is 13.8 Å². The quantitative estimate of drug-likeness (QED) is 0.801. The van der Waals surface area contributed by atoms with Crippen LogP contribution in [-0.2, 0) is 13.0 Å². The van der Waals surface area contributed by atoms with Crippen molar-refractivity contribution in [3.8, 4) is 0 Å². The van der Waals surface area contributed by atoms with Gasteiger partial charge in [-0.25, -0.2) is 0 Å². The van der Waals surface area contributed by atoms with Gasteiger partial charge in [-0.2, -0.15) is 0 Å². The summed E-state index contributed by atoms with van der Waals surface area (Å²) >= 11 is 0. The van der Waals surface area contributed by atoms with Crippen LogP contribution in [0.1, 0.15) is 38.8 Å². The van der Waals surface area contributed by atoms with Crippen LogP contribution in [0.15, 0.2) is 0 Å². The van der Waals surface area contributed by atoms with Crippen LogP contribution in [0, 0.1) is 18.8 Å². The normalized spacial score (nSPS) is 13.4. The molecule has 1 aromatic rings. The molecule has 1 heterocycles. The first-order chi connectivity index (χ1) is 7.58. The number of rotatable bonds is 6. The van der Waals surface area contributed by atoms with Crippen LogP contribution in [0.2, 0.25) is 0 Å². The number of hydrogen-bond donors (Lipinski definition) is 1.